The summed E-state index contributed by atoms with van der Waals surface area (Å²) in [5.41, 5.74) is 4.17. The topological polar surface area (TPSA) is 85.3 Å². The number of nitrogens with one attached hydrogen (secondary N) is 1. The predicted octanol–water partition coefficient (Wildman–Crippen LogP) is 4.74. The van der Waals surface area contributed by atoms with Crippen LogP contribution in [0.3, 0.4) is 0 Å². The number of fused-ring (bicyclic) bond motifs is 2. The van der Waals surface area contributed by atoms with E-state index in [1.807, 2.05) is 54.8 Å². The maximum atomic E-state index is 12.5. The first kappa shape index (κ1) is 17.8. The van der Waals surface area contributed by atoms with Gasteiger partial charge < -0.3 is 4.52 Å². The van der Waals surface area contributed by atoms with Crippen LogP contribution in [-0.2, 0) is 11.2 Å². The molecule has 0 aliphatic heterocycles. The van der Waals surface area contributed by atoms with Gasteiger partial charge in [0.05, 0.1) is 12.1 Å². The Kier molecular flexibility index (Phi) is 4.30. The Bertz CT molecular complexity index is 1350. The number of nitrogens with zero attached hydrogens (tertiary/aromatic N) is 4. The molecule has 0 atom stereocenters. The van der Waals surface area contributed by atoms with Crippen LogP contribution >= 0.6 is 22.9 Å². The number of benzene rings is 2. The van der Waals surface area contributed by atoms with Gasteiger partial charge in [-0.2, -0.15) is 4.98 Å². The van der Waals surface area contributed by atoms with Crippen molar-refractivity contribution < 1.29 is 9.32 Å². The summed E-state index contributed by atoms with van der Waals surface area (Å²) in [6.07, 6.45) is 0.0767. The summed E-state index contributed by atoms with van der Waals surface area (Å²) in [5, 5.41) is 14.7. The zero-order valence-corrected chi connectivity index (χ0v) is 16.8. The molecule has 0 bridgehead atoms. The van der Waals surface area contributed by atoms with E-state index in [-0.39, 0.29) is 18.3 Å². The smallest absolute Gasteiger partial charge is 0.250 e. The normalized spacial score (nSPS) is 11.4. The minimum Gasteiger partial charge on any atom is -0.356 e. The molecule has 29 heavy (non-hydrogen) atoms. The zero-order valence-electron chi connectivity index (χ0n) is 15.2. The lowest BCUT2D eigenvalue weighted by Gasteiger charge is -2.00. The Hall–Kier alpha value is -3.23. The summed E-state index contributed by atoms with van der Waals surface area (Å²) >= 11 is 7.41. The maximum absolute atomic E-state index is 12.5. The highest BCUT2D eigenvalue weighted by Crippen LogP contribution is 2.27. The maximum Gasteiger partial charge on any atom is 0.250 e. The van der Waals surface area contributed by atoms with Gasteiger partial charge in [-0.3, -0.25) is 10.1 Å². The van der Waals surface area contributed by atoms with Gasteiger partial charge in [-0.05, 0) is 31.2 Å². The molecule has 7 nitrogen and oxygen atoms in total. The first-order valence-corrected chi connectivity index (χ1v) is 10.1. The van der Waals surface area contributed by atoms with Gasteiger partial charge in [-0.15, -0.1) is 16.4 Å². The van der Waals surface area contributed by atoms with Gasteiger partial charge in [0.25, 0.3) is 0 Å². The van der Waals surface area contributed by atoms with Gasteiger partial charge in [0.15, 0.2) is 5.58 Å². The molecule has 9 heteroatoms. The number of hydrogen-bond donors (Lipinski definition) is 1. The first-order valence-electron chi connectivity index (χ1n) is 8.82. The van der Waals surface area contributed by atoms with E-state index in [1.165, 1.54) is 11.3 Å². The second kappa shape index (κ2) is 6.98. The molecule has 3 aromatic heterocycles. The highest BCUT2D eigenvalue weighted by Gasteiger charge is 2.16. The van der Waals surface area contributed by atoms with E-state index in [4.69, 9.17) is 16.1 Å². The van der Waals surface area contributed by atoms with Gasteiger partial charge in [0, 0.05) is 21.4 Å². The third-order valence-electron chi connectivity index (χ3n) is 4.50. The van der Waals surface area contributed by atoms with E-state index in [0.717, 1.165) is 22.2 Å². The molecule has 0 saturated heterocycles. The minimum atomic E-state index is -0.256. The van der Waals surface area contributed by atoms with Crippen LogP contribution in [0, 0.1) is 6.92 Å². The Balaban J connectivity index is 1.38. The lowest BCUT2D eigenvalue weighted by Crippen LogP contribution is -2.15. The Labute approximate surface area is 173 Å². The fraction of sp³-hybridized carbons (Fsp3) is 0.100. The summed E-state index contributed by atoms with van der Waals surface area (Å²) in [7, 11) is 0. The molecule has 0 aliphatic rings. The second-order valence-electron chi connectivity index (χ2n) is 6.61. The van der Waals surface area contributed by atoms with Crippen LogP contribution in [0.1, 0.15) is 11.3 Å². The Morgan fingerprint density at radius 1 is 1.24 bits per heavy atom. The number of hydrogen-bond acceptors (Lipinski definition) is 6. The van der Waals surface area contributed by atoms with E-state index < -0.39 is 0 Å². The van der Waals surface area contributed by atoms with E-state index >= 15 is 0 Å². The zero-order chi connectivity index (χ0) is 20.0. The fourth-order valence-corrected chi connectivity index (χ4v) is 4.06. The van der Waals surface area contributed by atoms with Gasteiger partial charge in [-0.25, -0.2) is 4.52 Å². The monoisotopic (exact) mass is 423 g/mol. The molecule has 5 rings (SSSR count). The molecule has 2 aromatic carbocycles. The quantitative estimate of drug-likeness (QED) is 0.451. The van der Waals surface area contributed by atoms with Gasteiger partial charge >= 0.3 is 0 Å². The summed E-state index contributed by atoms with van der Waals surface area (Å²) in [5.74, 6) is -0.00551. The van der Waals surface area contributed by atoms with E-state index in [9.17, 15) is 4.79 Å². The van der Waals surface area contributed by atoms with Crippen molar-refractivity contribution in [3.05, 3.63) is 64.1 Å². The number of halogens is 1. The van der Waals surface area contributed by atoms with Crippen molar-refractivity contribution in [3.63, 3.8) is 0 Å². The van der Waals surface area contributed by atoms with Crippen molar-refractivity contribution in [2.24, 2.45) is 0 Å². The van der Waals surface area contributed by atoms with Crippen LogP contribution in [0.5, 0.6) is 0 Å². The SMILES string of the molecule is Cc1ccc2onc(CC(=O)Nc3nc4scc(-c5ccc(Cl)cc5)n4n3)c2c1. The molecule has 0 unspecified atom stereocenters. The number of aryl methyl sites for hydroxylation is 1. The van der Waals surface area contributed by atoms with E-state index in [0.29, 0.717) is 21.3 Å². The number of aromatic nitrogens is 4. The minimum absolute atomic E-state index is 0.0767. The van der Waals surface area contributed by atoms with Crippen LogP contribution < -0.4 is 5.32 Å². The molecule has 144 valence electrons. The van der Waals surface area contributed by atoms with Crippen LogP contribution in [0.4, 0.5) is 5.95 Å². The lowest BCUT2D eigenvalue weighted by atomic mass is 10.1. The van der Waals surface area contributed by atoms with E-state index in [1.54, 1.807) is 4.52 Å². The predicted molar refractivity (Wildman–Crippen MR) is 112 cm³/mol. The number of carbonyl (C=O) groups excluding carboxylic acids is 1. The Morgan fingerprint density at radius 2 is 2.07 bits per heavy atom. The first-order chi connectivity index (χ1) is 14.1. The second-order valence-corrected chi connectivity index (χ2v) is 7.88. The molecule has 5 aromatic rings. The number of amides is 1. The molecule has 1 N–H and O–H groups in total. The van der Waals surface area contributed by atoms with Crippen LogP contribution in [0.15, 0.2) is 52.4 Å². The average molecular weight is 424 g/mol. The summed E-state index contributed by atoms with van der Waals surface area (Å²) in [6, 6.07) is 13.2. The third-order valence-corrected chi connectivity index (χ3v) is 5.57. The third kappa shape index (κ3) is 3.37. The van der Waals surface area contributed by atoms with E-state index in [2.05, 4.69) is 20.6 Å². The van der Waals surface area contributed by atoms with Crippen molar-refractivity contribution in [3.8, 4) is 11.3 Å². The lowest BCUT2D eigenvalue weighted by molar-refractivity contribution is -0.115. The van der Waals surface area contributed by atoms with Crippen molar-refractivity contribution in [2.45, 2.75) is 13.3 Å². The highest BCUT2D eigenvalue weighted by atomic mass is 35.5. The molecule has 1 amide bonds. The molecular formula is C20H14ClN5O2S. The van der Waals surface area contributed by atoms with Gasteiger partial charge in [0.1, 0.15) is 5.69 Å². The number of anilines is 1. The van der Waals surface area contributed by atoms with Crippen molar-refractivity contribution in [1.29, 1.82) is 0 Å². The van der Waals surface area contributed by atoms with Crippen LogP contribution in [0.2, 0.25) is 5.02 Å². The molecule has 3 heterocycles. The number of thiazole rings is 1. The van der Waals surface area contributed by atoms with Gasteiger partial charge in [-0.1, -0.05) is 40.5 Å². The molecule has 0 radical (unpaired) electrons. The fourth-order valence-electron chi connectivity index (χ4n) is 3.10. The molecule has 0 fully saturated rings. The molecular weight excluding hydrogens is 410 g/mol. The van der Waals surface area contributed by atoms with Crippen LogP contribution in [0.25, 0.3) is 27.2 Å². The number of carbonyl (C=O) groups is 1. The summed E-state index contributed by atoms with van der Waals surface area (Å²) in [4.78, 5) is 17.6. The number of rotatable bonds is 4. The van der Waals surface area contributed by atoms with Crippen LogP contribution in [-0.4, -0.2) is 25.7 Å². The largest absolute Gasteiger partial charge is 0.356 e. The van der Waals surface area contributed by atoms with Crippen molar-refractivity contribution in [2.75, 3.05) is 5.32 Å². The Morgan fingerprint density at radius 3 is 2.90 bits per heavy atom. The average Bonchev–Trinajstić information content (AvgIpc) is 3.37. The summed E-state index contributed by atoms with van der Waals surface area (Å²) in [6.45, 7) is 1.98. The highest BCUT2D eigenvalue weighted by molar-refractivity contribution is 7.15. The molecule has 0 spiro atoms. The molecule has 0 saturated carbocycles. The summed E-state index contributed by atoms with van der Waals surface area (Å²) < 4.78 is 7.00. The standard InChI is InChI=1S/C20H14ClN5O2S/c1-11-2-7-17-14(8-11)15(25-28-17)9-18(27)22-19-23-20-26(24-19)16(10-29-20)12-3-5-13(21)6-4-12/h2-8,10H,9H2,1H3,(H,22,24,27). The van der Waals surface area contributed by atoms with Crippen molar-refractivity contribution >= 4 is 50.7 Å². The van der Waals surface area contributed by atoms with Crippen molar-refractivity contribution in [1.82, 2.24) is 19.8 Å². The van der Waals surface area contributed by atoms with Gasteiger partial charge in [0.2, 0.25) is 16.8 Å². The molecule has 0 aliphatic carbocycles.